The van der Waals surface area contributed by atoms with E-state index in [1.165, 1.54) is 12.1 Å². The second-order valence-electron chi connectivity index (χ2n) is 3.69. The fraction of sp³-hybridized carbons (Fsp3) is 0. The molecule has 0 bridgehead atoms. The molecule has 0 saturated heterocycles. The molecule has 0 heterocycles. The smallest absolute Gasteiger partial charge is 0.263 e. The van der Waals surface area contributed by atoms with Gasteiger partial charge in [0, 0.05) is 9.50 Å². The van der Waals surface area contributed by atoms with Crippen LogP contribution in [0.5, 0.6) is 0 Å². The standard InChI is InChI=1S/C12H8BrClFNO2S/c13-11-7-9(15)4-5-12(11)19(17,18)16-10-3-1-2-8(14)6-10/h1-7,16H. The lowest BCUT2D eigenvalue weighted by Crippen LogP contribution is -2.13. The summed E-state index contributed by atoms with van der Waals surface area (Å²) in [4.78, 5) is -0.0473. The lowest BCUT2D eigenvalue weighted by atomic mass is 10.3. The van der Waals surface area contributed by atoms with Crippen molar-refractivity contribution in [3.8, 4) is 0 Å². The fourth-order valence-corrected chi connectivity index (χ4v) is 3.75. The van der Waals surface area contributed by atoms with Gasteiger partial charge in [0.25, 0.3) is 10.0 Å². The minimum absolute atomic E-state index is 0.0473. The van der Waals surface area contributed by atoms with Crippen molar-refractivity contribution < 1.29 is 12.8 Å². The summed E-state index contributed by atoms with van der Waals surface area (Å²) < 4.78 is 39.8. The van der Waals surface area contributed by atoms with Crippen LogP contribution in [-0.4, -0.2) is 8.42 Å². The molecule has 2 aromatic rings. The van der Waals surface area contributed by atoms with Crippen molar-refractivity contribution in [2.45, 2.75) is 4.90 Å². The summed E-state index contributed by atoms with van der Waals surface area (Å²) in [5, 5.41) is 0.415. The quantitative estimate of drug-likeness (QED) is 0.893. The molecule has 0 fully saturated rings. The van der Waals surface area contributed by atoms with Gasteiger partial charge in [0.15, 0.2) is 0 Å². The van der Waals surface area contributed by atoms with Crippen LogP contribution < -0.4 is 4.72 Å². The predicted octanol–water partition coefficient (Wildman–Crippen LogP) is 4.04. The maximum Gasteiger partial charge on any atom is 0.263 e. The second kappa shape index (κ2) is 5.48. The van der Waals surface area contributed by atoms with Crippen molar-refractivity contribution in [3.05, 3.63) is 57.8 Å². The van der Waals surface area contributed by atoms with Crippen LogP contribution in [0.1, 0.15) is 0 Å². The Bertz CT molecular complexity index is 721. The summed E-state index contributed by atoms with van der Waals surface area (Å²) in [6, 6.07) is 9.67. The number of sulfonamides is 1. The Labute approximate surface area is 123 Å². The zero-order valence-corrected chi connectivity index (χ0v) is 12.6. The summed E-state index contributed by atoms with van der Waals surface area (Å²) in [6.07, 6.45) is 0. The SMILES string of the molecule is O=S(=O)(Nc1cccc(Cl)c1)c1ccc(F)cc1Br. The van der Waals surface area contributed by atoms with Crippen LogP contribution in [0.15, 0.2) is 51.8 Å². The highest BCUT2D eigenvalue weighted by Gasteiger charge is 2.18. The van der Waals surface area contributed by atoms with Crippen molar-refractivity contribution in [2.75, 3.05) is 4.72 Å². The molecule has 2 aromatic carbocycles. The van der Waals surface area contributed by atoms with Crippen LogP contribution in [0.2, 0.25) is 5.02 Å². The first kappa shape index (κ1) is 14.3. The van der Waals surface area contributed by atoms with E-state index in [4.69, 9.17) is 11.6 Å². The van der Waals surface area contributed by atoms with Crippen molar-refractivity contribution in [2.24, 2.45) is 0 Å². The Morgan fingerprint density at radius 2 is 1.89 bits per heavy atom. The van der Waals surface area contributed by atoms with E-state index < -0.39 is 15.8 Å². The van der Waals surface area contributed by atoms with Crippen molar-refractivity contribution in [1.29, 1.82) is 0 Å². The molecule has 100 valence electrons. The van der Waals surface area contributed by atoms with E-state index in [9.17, 15) is 12.8 Å². The molecule has 0 amide bonds. The Balaban J connectivity index is 2.38. The Hall–Kier alpha value is -1.11. The van der Waals surface area contributed by atoms with Gasteiger partial charge in [-0.1, -0.05) is 17.7 Å². The summed E-state index contributed by atoms with van der Waals surface area (Å²) in [7, 11) is -3.80. The topological polar surface area (TPSA) is 46.2 Å². The first-order valence-corrected chi connectivity index (χ1v) is 7.77. The minimum Gasteiger partial charge on any atom is -0.280 e. The second-order valence-corrected chi connectivity index (χ2v) is 6.63. The van der Waals surface area contributed by atoms with Gasteiger partial charge in [0.05, 0.1) is 5.69 Å². The van der Waals surface area contributed by atoms with E-state index in [1.807, 2.05) is 0 Å². The van der Waals surface area contributed by atoms with E-state index in [-0.39, 0.29) is 9.37 Å². The predicted molar refractivity (Wildman–Crippen MR) is 76.4 cm³/mol. The molecule has 19 heavy (non-hydrogen) atoms. The maximum absolute atomic E-state index is 13.0. The molecule has 0 radical (unpaired) electrons. The molecule has 2 rings (SSSR count). The van der Waals surface area contributed by atoms with E-state index >= 15 is 0 Å². The highest BCUT2D eigenvalue weighted by Crippen LogP contribution is 2.25. The molecule has 0 unspecified atom stereocenters. The van der Waals surface area contributed by atoms with Gasteiger partial charge in [0.2, 0.25) is 0 Å². The number of benzene rings is 2. The molecule has 0 saturated carbocycles. The van der Waals surface area contributed by atoms with Crippen LogP contribution in [-0.2, 0) is 10.0 Å². The van der Waals surface area contributed by atoms with Crippen LogP contribution in [0.3, 0.4) is 0 Å². The summed E-state index contributed by atoms with van der Waals surface area (Å²) in [5.74, 6) is -0.520. The molecule has 3 nitrogen and oxygen atoms in total. The third-order valence-corrected chi connectivity index (χ3v) is 4.85. The molecule has 0 atom stereocenters. The first-order valence-electron chi connectivity index (χ1n) is 5.12. The van der Waals surface area contributed by atoms with Gasteiger partial charge < -0.3 is 0 Å². The normalized spacial score (nSPS) is 11.3. The summed E-state index contributed by atoms with van der Waals surface area (Å²) in [5.41, 5.74) is 0.337. The van der Waals surface area contributed by atoms with Gasteiger partial charge >= 0.3 is 0 Å². The highest BCUT2D eigenvalue weighted by molar-refractivity contribution is 9.10. The van der Waals surface area contributed by atoms with Crippen molar-refractivity contribution >= 4 is 43.2 Å². The summed E-state index contributed by atoms with van der Waals surface area (Å²) >= 11 is 8.80. The van der Waals surface area contributed by atoms with Crippen LogP contribution in [0.25, 0.3) is 0 Å². The minimum atomic E-state index is -3.80. The number of halogens is 3. The van der Waals surface area contributed by atoms with Crippen molar-refractivity contribution in [3.63, 3.8) is 0 Å². The fourth-order valence-electron chi connectivity index (χ4n) is 1.46. The van der Waals surface area contributed by atoms with Gasteiger partial charge in [0.1, 0.15) is 10.7 Å². The monoisotopic (exact) mass is 363 g/mol. The number of rotatable bonds is 3. The zero-order valence-electron chi connectivity index (χ0n) is 9.40. The Morgan fingerprint density at radius 1 is 1.16 bits per heavy atom. The average molecular weight is 365 g/mol. The Morgan fingerprint density at radius 3 is 2.53 bits per heavy atom. The molecule has 0 spiro atoms. The lowest BCUT2D eigenvalue weighted by Gasteiger charge is -2.09. The molecule has 0 aliphatic carbocycles. The Kier molecular flexibility index (Phi) is 4.13. The summed E-state index contributed by atoms with van der Waals surface area (Å²) in [6.45, 7) is 0. The zero-order chi connectivity index (χ0) is 14.0. The van der Waals surface area contributed by atoms with E-state index in [0.717, 1.165) is 12.1 Å². The molecule has 1 N–H and O–H groups in total. The molecule has 0 aromatic heterocycles. The molecule has 0 aliphatic heterocycles. The van der Waals surface area contributed by atoms with E-state index in [0.29, 0.717) is 10.7 Å². The van der Waals surface area contributed by atoms with Gasteiger partial charge in [-0.15, -0.1) is 0 Å². The third kappa shape index (κ3) is 3.46. The van der Waals surface area contributed by atoms with Crippen LogP contribution in [0.4, 0.5) is 10.1 Å². The van der Waals surface area contributed by atoms with Crippen LogP contribution in [0, 0.1) is 5.82 Å². The first-order chi connectivity index (χ1) is 8.88. The van der Waals surface area contributed by atoms with Gasteiger partial charge in [-0.05, 0) is 52.3 Å². The molecule has 0 aliphatic rings. The van der Waals surface area contributed by atoms with Gasteiger partial charge in [-0.3, -0.25) is 4.72 Å². The number of nitrogens with one attached hydrogen (secondary N) is 1. The molecular formula is C12H8BrClFNO2S. The number of hydrogen-bond acceptors (Lipinski definition) is 2. The van der Waals surface area contributed by atoms with Crippen molar-refractivity contribution in [1.82, 2.24) is 0 Å². The third-order valence-electron chi connectivity index (χ3n) is 2.26. The van der Waals surface area contributed by atoms with E-state index in [1.54, 1.807) is 18.2 Å². The molecular weight excluding hydrogens is 357 g/mol. The average Bonchev–Trinajstić information content (AvgIpc) is 2.27. The number of anilines is 1. The van der Waals surface area contributed by atoms with E-state index in [2.05, 4.69) is 20.7 Å². The maximum atomic E-state index is 13.0. The molecule has 7 heteroatoms. The largest absolute Gasteiger partial charge is 0.280 e. The van der Waals surface area contributed by atoms with Crippen LogP contribution >= 0.6 is 27.5 Å². The van der Waals surface area contributed by atoms with Gasteiger partial charge in [-0.25, -0.2) is 12.8 Å². The number of hydrogen-bond donors (Lipinski definition) is 1. The lowest BCUT2D eigenvalue weighted by molar-refractivity contribution is 0.599. The highest BCUT2D eigenvalue weighted by atomic mass is 79.9. The van der Waals surface area contributed by atoms with Gasteiger partial charge in [-0.2, -0.15) is 0 Å².